The van der Waals surface area contributed by atoms with E-state index in [1.54, 1.807) is 0 Å². The van der Waals surface area contributed by atoms with Crippen LogP contribution < -0.4 is 15.2 Å². The average molecular weight is 221 g/mol. The zero-order valence-electron chi connectivity index (χ0n) is 9.90. The van der Waals surface area contributed by atoms with E-state index in [1.807, 2.05) is 13.0 Å². The molecule has 3 nitrogen and oxygen atoms in total. The van der Waals surface area contributed by atoms with Crippen LogP contribution in [0.2, 0.25) is 0 Å². The van der Waals surface area contributed by atoms with E-state index in [-0.39, 0.29) is 6.04 Å². The number of fused-ring (bicyclic) bond motifs is 1. The third-order valence-electron chi connectivity index (χ3n) is 2.86. The van der Waals surface area contributed by atoms with E-state index in [9.17, 15) is 0 Å². The van der Waals surface area contributed by atoms with Crippen LogP contribution in [-0.4, -0.2) is 19.3 Å². The van der Waals surface area contributed by atoms with E-state index in [0.29, 0.717) is 19.1 Å². The first-order chi connectivity index (χ1) is 7.66. The molecule has 0 fully saturated rings. The molecule has 2 N–H and O–H groups in total. The summed E-state index contributed by atoms with van der Waals surface area (Å²) in [6, 6.07) is 6.38. The highest BCUT2D eigenvalue weighted by molar-refractivity contribution is 5.44. The van der Waals surface area contributed by atoms with Crippen molar-refractivity contribution in [2.24, 2.45) is 5.73 Å². The summed E-state index contributed by atoms with van der Waals surface area (Å²) in [6.45, 7) is 5.50. The molecule has 1 aliphatic rings. The Morgan fingerprint density at radius 2 is 1.88 bits per heavy atom. The molecule has 1 aromatic rings. The van der Waals surface area contributed by atoms with Crippen LogP contribution in [0.5, 0.6) is 11.5 Å². The Hall–Kier alpha value is -1.22. The van der Waals surface area contributed by atoms with Gasteiger partial charge in [0.1, 0.15) is 13.2 Å². The molecule has 1 aliphatic heterocycles. The summed E-state index contributed by atoms with van der Waals surface area (Å²) in [5, 5.41) is 0. The first kappa shape index (κ1) is 11.3. The smallest absolute Gasteiger partial charge is 0.161 e. The minimum atomic E-state index is 0.225. The normalized spacial score (nSPS) is 17.9. The van der Waals surface area contributed by atoms with Gasteiger partial charge in [0.05, 0.1) is 0 Å². The lowest BCUT2D eigenvalue weighted by atomic mass is 9.94. The highest BCUT2D eigenvalue weighted by Crippen LogP contribution is 2.33. The Bertz CT molecular complexity index is 363. The lowest BCUT2D eigenvalue weighted by Crippen LogP contribution is -2.18. The van der Waals surface area contributed by atoms with Crippen LogP contribution in [0.4, 0.5) is 0 Å². The van der Waals surface area contributed by atoms with Crippen molar-refractivity contribution >= 4 is 0 Å². The molecule has 0 amide bonds. The molecule has 0 saturated carbocycles. The van der Waals surface area contributed by atoms with E-state index in [1.165, 1.54) is 5.56 Å². The van der Waals surface area contributed by atoms with Gasteiger partial charge in [-0.25, -0.2) is 0 Å². The van der Waals surface area contributed by atoms with Crippen LogP contribution in [0, 0.1) is 0 Å². The van der Waals surface area contributed by atoms with Gasteiger partial charge in [-0.3, -0.25) is 0 Å². The summed E-state index contributed by atoms with van der Waals surface area (Å²) >= 11 is 0. The van der Waals surface area contributed by atoms with Crippen molar-refractivity contribution in [1.82, 2.24) is 0 Å². The van der Waals surface area contributed by atoms with Gasteiger partial charge >= 0.3 is 0 Å². The second-order valence-corrected chi connectivity index (χ2v) is 4.52. The maximum atomic E-state index is 5.81. The molecule has 0 aliphatic carbocycles. The number of nitrogens with two attached hydrogens (primary N) is 1. The molecule has 2 atom stereocenters. The topological polar surface area (TPSA) is 44.5 Å². The van der Waals surface area contributed by atoms with Crippen molar-refractivity contribution in [2.45, 2.75) is 32.2 Å². The van der Waals surface area contributed by atoms with Gasteiger partial charge in [0.15, 0.2) is 11.5 Å². The van der Waals surface area contributed by atoms with Crippen molar-refractivity contribution in [1.29, 1.82) is 0 Å². The molecule has 0 spiro atoms. The van der Waals surface area contributed by atoms with Crippen LogP contribution in [0.15, 0.2) is 18.2 Å². The van der Waals surface area contributed by atoms with Gasteiger partial charge in [0.25, 0.3) is 0 Å². The van der Waals surface area contributed by atoms with Gasteiger partial charge in [-0.05, 0) is 37.0 Å². The molecular formula is C13H19NO2. The van der Waals surface area contributed by atoms with Gasteiger partial charge in [0.2, 0.25) is 0 Å². The van der Waals surface area contributed by atoms with Gasteiger partial charge in [-0.2, -0.15) is 0 Å². The minimum absolute atomic E-state index is 0.225. The molecule has 88 valence electrons. The highest BCUT2D eigenvalue weighted by Gasteiger charge is 2.15. The summed E-state index contributed by atoms with van der Waals surface area (Å²) < 4.78 is 11.1. The monoisotopic (exact) mass is 221 g/mol. The van der Waals surface area contributed by atoms with Crippen molar-refractivity contribution in [3.05, 3.63) is 23.8 Å². The van der Waals surface area contributed by atoms with Crippen molar-refractivity contribution in [3.63, 3.8) is 0 Å². The summed E-state index contributed by atoms with van der Waals surface area (Å²) in [4.78, 5) is 0. The van der Waals surface area contributed by atoms with Gasteiger partial charge in [0, 0.05) is 6.04 Å². The second-order valence-electron chi connectivity index (χ2n) is 4.52. The number of hydrogen-bond donors (Lipinski definition) is 1. The Morgan fingerprint density at radius 3 is 2.56 bits per heavy atom. The van der Waals surface area contributed by atoms with Crippen molar-refractivity contribution in [3.8, 4) is 11.5 Å². The molecule has 0 radical (unpaired) electrons. The molecule has 2 rings (SSSR count). The second kappa shape index (κ2) is 4.74. The molecule has 0 aromatic heterocycles. The predicted octanol–water partition coefficient (Wildman–Crippen LogP) is 2.30. The standard InChI is InChI=1S/C13H19NO2/c1-9(7-10(2)14)11-3-4-12-13(8-11)16-6-5-15-12/h3-4,8-10H,5-7,14H2,1-2H3. The fourth-order valence-corrected chi connectivity index (χ4v) is 2.06. The van der Waals surface area contributed by atoms with Gasteiger partial charge in [-0.15, -0.1) is 0 Å². The van der Waals surface area contributed by atoms with Crippen molar-refractivity contribution in [2.75, 3.05) is 13.2 Å². The Kier molecular flexibility index (Phi) is 3.34. The zero-order valence-corrected chi connectivity index (χ0v) is 9.90. The summed E-state index contributed by atoms with van der Waals surface area (Å²) in [5.74, 6) is 2.17. The number of rotatable bonds is 3. The molecule has 0 bridgehead atoms. The average Bonchev–Trinajstić information content (AvgIpc) is 2.27. The van der Waals surface area contributed by atoms with Gasteiger partial charge in [-0.1, -0.05) is 13.0 Å². The maximum absolute atomic E-state index is 5.81. The third kappa shape index (κ3) is 2.47. The first-order valence-corrected chi connectivity index (χ1v) is 5.82. The maximum Gasteiger partial charge on any atom is 0.161 e. The fourth-order valence-electron chi connectivity index (χ4n) is 2.06. The Morgan fingerprint density at radius 1 is 1.19 bits per heavy atom. The number of ether oxygens (including phenoxy) is 2. The van der Waals surface area contributed by atoms with Gasteiger partial charge < -0.3 is 15.2 Å². The minimum Gasteiger partial charge on any atom is -0.486 e. The van der Waals surface area contributed by atoms with Crippen molar-refractivity contribution < 1.29 is 9.47 Å². The number of hydrogen-bond acceptors (Lipinski definition) is 3. The number of benzene rings is 1. The summed E-state index contributed by atoms with van der Waals surface area (Å²) in [5.41, 5.74) is 7.08. The van der Waals surface area contributed by atoms with E-state index < -0.39 is 0 Å². The van der Waals surface area contributed by atoms with Crippen LogP contribution in [0.1, 0.15) is 31.7 Å². The Labute approximate surface area is 96.5 Å². The largest absolute Gasteiger partial charge is 0.486 e. The molecule has 2 unspecified atom stereocenters. The van der Waals surface area contributed by atoms with E-state index in [4.69, 9.17) is 15.2 Å². The quantitative estimate of drug-likeness (QED) is 0.851. The third-order valence-corrected chi connectivity index (χ3v) is 2.86. The van der Waals surface area contributed by atoms with Crippen LogP contribution >= 0.6 is 0 Å². The van der Waals surface area contributed by atoms with Crippen LogP contribution in [-0.2, 0) is 0 Å². The molecule has 16 heavy (non-hydrogen) atoms. The summed E-state index contributed by atoms with van der Waals surface area (Å²) in [6.07, 6.45) is 0.986. The lowest BCUT2D eigenvalue weighted by molar-refractivity contribution is 0.171. The van der Waals surface area contributed by atoms with E-state index >= 15 is 0 Å². The molecule has 3 heteroatoms. The highest BCUT2D eigenvalue weighted by atomic mass is 16.6. The van der Waals surface area contributed by atoms with Crippen LogP contribution in [0.3, 0.4) is 0 Å². The first-order valence-electron chi connectivity index (χ1n) is 5.82. The SMILES string of the molecule is CC(N)CC(C)c1ccc2c(c1)OCCO2. The van der Waals surface area contributed by atoms with E-state index in [2.05, 4.69) is 19.1 Å². The fraction of sp³-hybridized carbons (Fsp3) is 0.538. The zero-order chi connectivity index (χ0) is 11.5. The van der Waals surface area contributed by atoms with Crippen LogP contribution in [0.25, 0.3) is 0 Å². The molecule has 0 saturated heterocycles. The molecular weight excluding hydrogens is 202 g/mol. The molecule has 1 aromatic carbocycles. The van der Waals surface area contributed by atoms with E-state index in [0.717, 1.165) is 17.9 Å². The lowest BCUT2D eigenvalue weighted by Gasteiger charge is -2.21. The molecule has 1 heterocycles. The summed E-state index contributed by atoms with van der Waals surface area (Å²) in [7, 11) is 0. The Balaban J connectivity index is 2.16. The predicted molar refractivity (Wildman–Crippen MR) is 64.1 cm³/mol.